The topological polar surface area (TPSA) is 81.4 Å². The molecule has 0 aliphatic heterocycles. The Bertz CT molecular complexity index is 273. The van der Waals surface area contributed by atoms with Crippen LogP contribution in [-0.4, -0.2) is 42.6 Å². The molecule has 6 heteroatoms. The first kappa shape index (κ1) is 18.2. The van der Waals surface area contributed by atoms with Crippen LogP contribution in [0.3, 0.4) is 0 Å². The minimum absolute atomic E-state index is 0.0374. The maximum absolute atomic E-state index is 11.5. The first-order chi connectivity index (χ1) is 8.97. The lowest BCUT2D eigenvalue weighted by atomic mass is 10.1. The van der Waals surface area contributed by atoms with Crippen LogP contribution in [0.2, 0.25) is 0 Å². The number of carbonyl (C=O) groups excluding carboxylic acids is 2. The van der Waals surface area contributed by atoms with E-state index in [1.807, 2.05) is 0 Å². The van der Waals surface area contributed by atoms with Crippen molar-refractivity contribution in [2.24, 2.45) is 11.7 Å². The highest BCUT2D eigenvalue weighted by atomic mass is 32.2. The third-order valence-electron chi connectivity index (χ3n) is 2.44. The van der Waals surface area contributed by atoms with E-state index < -0.39 is 6.04 Å². The molecule has 0 spiro atoms. The summed E-state index contributed by atoms with van der Waals surface area (Å²) in [5, 5.41) is 2.86. The Morgan fingerprint density at radius 1 is 1.32 bits per heavy atom. The van der Waals surface area contributed by atoms with Gasteiger partial charge in [0.1, 0.15) is 6.04 Å². The van der Waals surface area contributed by atoms with Crippen molar-refractivity contribution in [3.63, 3.8) is 0 Å². The second kappa shape index (κ2) is 11.1. The summed E-state index contributed by atoms with van der Waals surface area (Å²) in [4.78, 5) is 22.7. The fourth-order valence-electron chi connectivity index (χ4n) is 1.29. The van der Waals surface area contributed by atoms with Crippen molar-refractivity contribution in [1.82, 2.24) is 5.32 Å². The molecule has 0 aliphatic rings. The summed E-state index contributed by atoms with van der Waals surface area (Å²) in [6.07, 6.45) is 1.52. The lowest BCUT2D eigenvalue weighted by molar-refractivity contribution is -0.144. The quantitative estimate of drug-likeness (QED) is 0.466. The Kier molecular flexibility index (Phi) is 10.7. The van der Waals surface area contributed by atoms with E-state index in [1.165, 1.54) is 11.8 Å². The van der Waals surface area contributed by atoms with Crippen LogP contribution in [0, 0.1) is 5.92 Å². The summed E-state index contributed by atoms with van der Waals surface area (Å²) in [5.41, 5.74) is 5.65. The molecular formula is C13H26N2O3S. The Hall–Kier alpha value is -0.750. The summed E-state index contributed by atoms with van der Waals surface area (Å²) in [6.45, 7) is 7.06. The molecule has 0 heterocycles. The number of rotatable bonds is 10. The number of amides is 1. The molecule has 0 fully saturated rings. The predicted octanol–water partition coefficient (Wildman–Crippen LogP) is 1.16. The Morgan fingerprint density at radius 3 is 2.58 bits per heavy atom. The third-order valence-corrected chi connectivity index (χ3v) is 3.43. The largest absolute Gasteiger partial charge is 0.465 e. The fraction of sp³-hybridized carbons (Fsp3) is 0.846. The second-order valence-corrected chi connectivity index (χ2v) is 5.84. The molecule has 112 valence electrons. The molecule has 1 amide bonds. The molecule has 1 atom stereocenters. The van der Waals surface area contributed by atoms with Crippen molar-refractivity contribution in [3.05, 3.63) is 0 Å². The minimum Gasteiger partial charge on any atom is -0.465 e. The molecule has 0 aromatic heterocycles. The van der Waals surface area contributed by atoms with Gasteiger partial charge >= 0.3 is 5.97 Å². The van der Waals surface area contributed by atoms with E-state index >= 15 is 0 Å². The number of esters is 1. The van der Waals surface area contributed by atoms with E-state index in [1.54, 1.807) is 6.92 Å². The number of carbonyl (C=O) groups is 2. The van der Waals surface area contributed by atoms with Gasteiger partial charge in [-0.05, 0) is 31.4 Å². The van der Waals surface area contributed by atoms with Crippen molar-refractivity contribution >= 4 is 23.6 Å². The number of hydrogen-bond acceptors (Lipinski definition) is 5. The van der Waals surface area contributed by atoms with E-state index in [9.17, 15) is 9.59 Å². The summed E-state index contributed by atoms with van der Waals surface area (Å²) < 4.78 is 4.80. The van der Waals surface area contributed by atoms with E-state index in [-0.39, 0.29) is 11.9 Å². The average Bonchev–Trinajstić information content (AvgIpc) is 2.34. The molecular weight excluding hydrogens is 264 g/mol. The molecule has 0 aromatic rings. The van der Waals surface area contributed by atoms with E-state index in [2.05, 4.69) is 19.2 Å². The van der Waals surface area contributed by atoms with Gasteiger partial charge in [-0.2, -0.15) is 11.8 Å². The SMILES string of the molecule is CCOC(=O)C(N)CCSCC(=O)NCCC(C)C. The van der Waals surface area contributed by atoms with Crippen LogP contribution in [0.1, 0.15) is 33.6 Å². The Labute approximate surface area is 120 Å². The van der Waals surface area contributed by atoms with Crippen molar-refractivity contribution in [1.29, 1.82) is 0 Å². The lowest BCUT2D eigenvalue weighted by Crippen LogP contribution is -2.33. The number of nitrogens with one attached hydrogen (secondary N) is 1. The maximum atomic E-state index is 11.5. The number of nitrogens with two attached hydrogens (primary N) is 1. The normalized spacial score (nSPS) is 12.3. The summed E-state index contributed by atoms with van der Waals surface area (Å²) in [5.74, 6) is 1.35. The Balaban J connectivity index is 3.52. The first-order valence-electron chi connectivity index (χ1n) is 6.74. The van der Waals surface area contributed by atoms with Gasteiger partial charge in [-0.1, -0.05) is 13.8 Å². The van der Waals surface area contributed by atoms with Crippen molar-refractivity contribution in [3.8, 4) is 0 Å². The van der Waals surface area contributed by atoms with Gasteiger partial charge in [0.2, 0.25) is 5.91 Å². The molecule has 19 heavy (non-hydrogen) atoms. The van der Waals surface area contributed by atoms with Crippen LogP contribution in [-0.2, 0) is 14.3 Å². The number of ether oxygens (including phenoxy) is 1. The molecule has 0 aromatic carbocycles. The van der Waals surface area contributed by atoms with Gasteiger partial charge in [-0.25, -0.2) is 0 Å². The van der Waals surface area contributed by atoms with Crippen molar-refractivity contribution < 1.29 is 14.3 Å². The lowest BCUT2D eigenvalue weighted by Gasteiger charge is -2.10. The van der Waals surface area contributed by atoms with Crippen LogP contribution < -0.4 is 11.1 Å². The minimum atomic E-state index is -0.587. The van der Waals surface area contributed by atoms with Crippen molar-refractivity contribution in [2.45, 2.75) is 39.7 Å². The van der Waals surface area contributed by atoms with Gasteiger partial charge in [0.15, 0.2) is 0 Å². The van der Waals surface area contributed by atoms with Gasteiger partial charge in [0.05, 0.1) is 12.4 Å². The van der Waals surface area contributed by atoms with E-state index in [0.717, 1.165) is 13.0 Å². The molecule has 3 N–H and O–H groups in total. The molecule has 0 rings (SSSR count). The highest BCUT2D eigenvalue weighted by Gasteiger charge is 2.14. The zero-order valence-corrected chi connectivity index (χ0v) is 12.9. The van der Waals surface area contributed by atoms with Gasteiger partial charge in [-0.15, -0.1) is 0 Å². The maximum Gasteiger partial charge on any atom is 0.322 e. The molecule has 1 unspecified atom stereocenters. The van der Waals surface area contributed by atoms with Crippen molar-refractivity contribution in [2.75, 3.05) is 24.7 Å². The first-order valence-corrected chi connectivity index (χ1v) is 7.89. The standard InChI is InChI=1S/C13H26N2O3S/c1-4-18-13(17)11(14)6-8-19-9-12(16)15-7-5-10(2)3/h10-11H,4-9,14H2,1-3H3,(H,15,16). The van der Waals surface area contributed by atoms with Crippen LogP contribution in [0.5, 0.6) is 0 Å². The van der Waals surface area contributed by atoms with Crippen LogP contribution in [0.25, 0.3) is 0 Å². The predicted molar refractivity (Wildman–Crippen MR) is 79.0 cm³/mol. The van der Waals surface area contributed by atoms with Gasteiger partial charge < -0.3 is 15.8 Å². The zero-order valence-electron chi connectivity index (χ0n) is 12.1. The highest BCUT2D eigenvalue weighted by Crippen LogP contribution is 2.05. The highest BCUT2D eigenvalue weighted by molar-refractivity contribution is 7.99. The van der Waals surface area contributed by atoms with Gasteiger partial charge in [0.25, 0.3) is 0 Å². The van der Waals surface area contributed by atoms with E-state index in [0.29, 0.717) is 30.5 Å². The third kappa shape index (κ3) is 10.8. The fourth-order valence-corrected chi connectivity index (χ4v) is 2.15. The van der Waals surface area contributed by atoms with Crippen LogP contribution in [0.4, 0.5) is 0 Å². The molecule has 0 radical (unpaired) electrons. The van der Waals surface area contributed by atoms with E-state index in [4.69, 9.17) is 10.5 Å². The number of thioether (sulfide) groups is 1. The molecule has 5 nitrogen and oxygen atoms in total. The number of hydrogen-bond donors (Lipinski definition) is 2. The molecule has 0 saturated carbocycles. The zero-order chi connectivity index (χ0) is 14.7. The monoisotopic (exact) mass is 290 g/mol. The van der Waals surface area contributed by atoms with Gasteiger partial charge in [0, 0.05) is 6.54 Å². The van der Waals surface area contributed by atoms with Gasteiger partial charge in [-0.3, -0.25) is 9.59 Å². The summed E-state index contributed by atoms with van der Waals surface area (Å²) >= 11 is 1.48. The molecule has 0 saturated heterocycles. The summed E-state index contributed by atoms with van der Waals surface area (Å²) in [7, 11) is 0. The summed E-state index contributed by atoms with van der Waals surface area (Å²) in [6, 6.07) is -0.587. The smallest absolute Gasteiger partial charge is 0.322 e. The molecule has 0 aliphatic carbocycles. The average molecular weight is 290 g/mol. The van der Waals surface area contributed by atoms with Crippen LogP contribution >= 0.6 is 11.8 Å². The molecule has 0 bridgehead atoms. The Morgan fingerprint density at radius 2 is 2.00 bits per heavy atom. The second-order valence-electron chi connectivity index (χ2n) is 4.73. The van der Waals surface area contributed by atoms with Crippen LogP contribution in [0.15, 0.2) is 0 Å².